The van der Waals surface area contributed by atoms with Crippen LogP contribution in [0.15, 0.2) is 37.8 Å². The van der Waals surface area contributed by atoms with Crippen molar-refractivity contribution in [2.75, 3.05) is 0 Å². The largest absolute Gasteiger partial charge is 0.170 e. The topological polar surface area (TPSA) is 12.4 Å². The van der Waals surface area contributed by atoms with Gasteiger partial charge >= 0.3 is 0 Å². The van der Waals surface area contributed by atoms with Crippen LogP contribution in [0.4, 0.5) is 0 Å². The van der Waals surface area contributed by atoms with Crippen molar-refractivity contribution in [3.63, 3.8) is 0 Å². The summed E-state index contributed by atoms with van der Waals surface area (Å²) in [7, 11) is 5.50. The average Bonchev–Trinajstić information content (AvgIpc) is 2.34. The van der Waals surface area contributed by atoms with E-state index in [9.17, 15) is 0 Å². The van der Waals surface area contributed by atoms with Gasteiger partial charge in [-0.2, -0.15) is 3.77 Å². The molecule has 10 heavy (non-hydrogen) atoms. The second-order valence-electron chi connectivity index (χ2n) is 1.85. The zero-order valence-electron chi connectivity index (χ0n) is 4.95. The van der Waals surface area contributed by atoms with E-state index in [1.165, 1.54) is 16.8 Å². The third-order valence-electron chi connectivity index (χ3n) is 1.23. The van der Waals surface area contributed by atoms with E-state index >= 15 is 0 Å². The summed E-state index contributed by atoms with van der Waals surface area (Å²) in [4.78, 5) is 2.36. The van der Waals surface area contributed by atoms with Crippen molar-refractivity contribution in [1.82, 2.24) is 0 Å². The Morgan fingerprint density at radius 3 is 3.00 bits per heavy atom. The first-order chi connectivity index (χ1) is 4.88. The number of hydrogen-bond acceptors (Lipinski definition) is 2. The zero-order chi connectivity index (χ0) is 6.97. The van der Waals surface area contributed by atoms with E-state index in [1.54, 1.807) is 0 Å². The van der Waals surface area contributed by atoms with E-state index in [-0.39, 0.29) is 9.90 Å². The third-order valence-corrected chi connectivity index (χ3v) is 4.46. The van der Waals surface area contributed by atoms with Gasteiger partial charge in [-0.25, -0.2) is 0 Å². The summed E-state index contributed by atoms with van der Waals surface area (Å²) in [5, 5.41) is 0. The maximum Gasteiger partial charge on any atom is 0.0502 e. The molecule has 0 aromatic heterocycles. The van der Waals surface area contributed by atoms with Crippen molar-refractivity contribution in [1.29, 1.82) is 0 Å². The number of hydrogen-bond donors (Lipinski definition) is 0. The minimum atomic E-state index is -0.388. The molecule has 0 N–H and O–H groups in total. The van der Waals surface area contributed by atoms with Crippen molar-refractivity contribution in [3.05, 3.63) is 24.3 Å². The summed E-state index contributed by atoms with van der Waals surface area (Å²) in [6, 6.07) is 8.05. The van der Waals surface area contributed by atoms with Crippen molar-refractivity contribution < 1.29 is 0 Å². The molecule has 0 saturated carbocycles. The highest BCUT2D eigenvalue weighted by molar-refractivity contribution is 8.18. The molecule has 0 saturated heterocycles. The lowest BCUT2D eigenvalue weighted by Crippen LogP contribution is -1.75. The van der Waals surface area contributed by atoms with Gasteiger partial charge in [0, 0.05) is 26.7 Å². The Balaban J connectivity index is 2.61. The molecule has 1 heterocycles. The molecule has 0 bridgehead atoms. The molecule has 1 nitrogen and oxygen atoms in total. The van der Waals surface area contributed by atoms with Crippen LogP contribution in [0.2, 0.25) is 0 Å². The Morgan fingerprint density at radius 2 is 2.20 bits per heavy atom. The maximum atomic E-state index is 5.88. The summed E-state index contributed by atoms with van der Waals surface area (Å²) >= 11 is 1.48. The minimum Gasteiger partial charge on any atom is -0.170 e. The van der Waals surface area contributed by atoms with Crippen LogP contribution in [0.25, 0.3) is 0 Å². The molecule has 1 unspecified atom stereocenters. The third kappa shape index (κ3) is 0.983. The van der Waals surface area contributed by atoms with E-state index in [2.05, 4.69) is 3.77 Å². The Labute approximate surface area is 70.5 Å². The summed E-state index contributed by atoms with van der Waals surface area (Å²) < 4.78 is 4.11. The number of nitrogens with zero attached hydrogens (tertiary/aromatic N) is 1. The van der Waals surface area contributed by atoms with Crippen molar-refractivity contribution >= 4 is 32.5 Å². The molecule has 1 aliphatic rings. The molecular weight excluding hydrogens is 186 g/mol. The Hall–Kier alpha value is 0.01000. The van der Waals surface area contributed by atoms with Crippen LogP contribution in [0.5, 0.6) is 0 Å². The van der Waals surface area contributed by atoms with Gasteiger partial charge in [-0.3, -0.25) is 0 Å². The van der Waals surface area contributed by atoms with Gasteiger partial charge in [0.15, 0.2) is 0 Å². The molecule has 0 fully saturated rings. The number of rotatable bonds is 0. The van der Waals surface area contributed by atoms with E-state index in [4.69, 9.17) is 10.7 Å². The van der Waals surface area contributed by atoms with E-state index < -0.39 is 0 Å². The van der Waals surface area contributed by atoms with Crippen LogP contribution < -0.4 is 0 Å². The first kappa shape index (κ1) is 6.70. The fourth-order valence-corrected chi connectivity index (χ4v) is 3.55. The first-order valence-electron chi connectivity index (χ1n) is 2.76. The van der Waals surface area contributed by atoms with Gasteiger partial charge in [-0.05, 0) is 22.8 Å². The monoisotopic (exact) mass is 189 g/mol. The van der Waals surface area contributed by atoms with Gasteiger partial charge in [0.1, 0.15) is 0 Å². The second kappa shape index (κ2) is 2.57. The van der Waals surface area contributed by atoms with E-state index in [1.807, 2.05) is 24.3 Å². The Bertz CT molecular complexity index is 298. The maximum absolute atomic E-state index is 5.88. The smallest absolute Gasteiger partial charge is 0.0502 e. The fourth-order valence-electron chi connectivity index (χ4n) is 0.778. The lowest BCUT2D eigenvalue weighted by atomic mass is 10.4. The number of benzene rings is 1. The Morgan fingerprint density at radius 1 is 1.40 bits per heavy atom. The molecule has 1 aromatic rings. The van der Waals surface area contributed by atoms with Crippen LogP contribution in [0.3, 0.4) is 0 Å². The molecule has 1 aromatic carbocycles. The van der Waals surface area contributed by atoms with Crippen LogP contribution in [-0.4, -0.2) is 0 Å². The Kier molecular flexibility index (Phi) is 1.72. The van der Waals surface area contributed by atoms with E-state index in [0.29, 0.717) is 0 Å². The molecule has 4 heteroatoms. The lowest BCUT2D eigenvalue weighted by Gasteiger charge is -1.92. The lowest BCUT2D eigenvalue weighted by molar-refractivity contribution is 1.27. The van der Waals surface area contributed by atoms with Gasteiger partial charge in [0.05, 0.1) is 4.90 Å². The average molecular weight is 190 g/mol. The molecule has 2 rings (SSSR count). The predicted octanol–water partition coefficient (Wildman–Crippen LogP) is 3.02. The van der Waals surface area contributed by atoms with E-state index in [0.717, 1.165) is 4.90 Å². The van der Waals surface area contributed by atoms with Crippen LogP contribution >= 0.6 is 22.6 Å². The standard InChI is InChI=1S/C6H4ClNS2/c7-10-6-4-2-1-3-5(6)9-8-10/h1-4H. The van der Waals surface area contributed by atoms with Crippen LogP contribution in [0.1, 0.15) is 0 Å². The van der Waals surface area contributed by atoms with Crippen molar-refractivity contribution in [2.24, 2.45) is 3.77 Å². The SMILES string of the molecule is ClS1=NSc2ccccc21. The van der Waals surface area contributed by atoms with Gasteiger partial charge in [0.25, 0.3) is 0 Å². The highest BCUT2D eigenvalue weighted by Gasteiger charge is 2.11. The summed E-state index contributed by atoms with van der Waals surface area (Å²) in [5.74, 6) is 0. The van der Waals surface area contributed by atoms with Gasteiger partial charge < -0.3 is 0 Å². The molecule has 52 valence electrons. The predicted molar refractivity (Wildman–Crippen MR) is 46.2 cm³/mol. The summed E-state index contributed by atoms with van der Waals surface area (Å²) in [6.07, 6.45) is 0. The highest BCUT2D eigenvalue weighted by Crippen LogP contribution is 2.36. The fraction of sp³-hybridized carbons (Fsp3) is 0. The van der Waals surface area contributed by atoms with Gasteiger partial charge in [-0.15, -0.1) is 0 Å². The number of fused-ring (bicyclic) bond motifs is 1. The summed E-state index contributed by atoms with van der Waals surface area (Å²) in [6.45, 7) is 0. The molecule has 0 aliphatic carbocycles. The first-order valence-corrected chi connectivity index (χ1v) is 5.54. The molecule has 1 atom stereocenters. The van der Waals surface area contributed by atoms with Crippen molar-refractivity contribution in [3.8, 4) is 0 Å². The molecule has 0 spiro atoms. The number of halogens is 1. The summed E-state index contributed by atoms with van der Waals surface area (Å²) in [5.41, 5.74) is 0. The van der Waals surface area contributed by atoms with Crippen LogP contribution in [-0.2, 0) is 9.90 Å². The zero-order valence-corrected chi connectivity index (χ0v) is 7.34. The molecule has 0 amide bonds. The van der Waals surface area contributed by atoms with Gasteiger partial charge in [-0.1, -0.05) is 12.1 Å². The van der Waals surface area contributed by atoms with Gasteiger partial charge in [0.2, 0.25) is 0 Å². The highest BCUT2D eigenvalue weighted by atomic mass is 35.7. The minimum absolute atomic E-state index is 0.388. The van der Waals surface area contributed by atoms with Crippen molar-refractivity contribution in [2.45, 2.75) is 9.79 Å². The van der Waals surface area contributed by atoms with Crippen LogP contribution in [0, 0.1) is 0 Å². The molecule has 0 radical (unpaired) electrons. The normalized spacial score (nSPS) is 21.9. The molecule has 1 aliphatic heterocycles. The molecular formula is C6H4ClNS2. The second-order valence-corrected chi connectivity index (χ2v) is 4.86. The quantitative estimate of drug-likeness (QED) is 0.572.